The van der Waals surface area contributed by atoms with Crippen LogP contribution >= 0.6 is 11.8 Å². The van der Waals surface area contributed by atoms with Crippen LogP contribution in [-0.2, 0) is 4.79 Å². The number of benzene rings is 1. The predicted molar refractivity (Wildman–Crippen MR) is 86.1 cm³/mol. The number of amides is 1. The molecule has 0 bridgehead atoms. The largest absolute Gasteiger partial charge is 0.490 e. The highest BCUT2D eigenvalue weighted by atomic mass is 32.2. The maximum Gasteiger partial charge on any atom is 0.313 e. The third kappa shape index (κ3) is 6.26. The molecule has 0 aliphatic rings. The molecule has 2 N–H and O–H groups in total. The average Bonchev–Trinajstić information content (AvgIpc) is 2.48. The van der Waals surface area contributed by atoms with Gasteiger partial charge in [-0.2, -0.15) is 0 Å². The van der Waals surface area contributed by atoms with Crippen LogP contribution in [0, 0.1) is 0 Å². The molecule has 0 atom stereocenters. The molecule has 1 rings (SSSR count). The van der Waals surface area contributed by atoms with Gasteiger partial charge in [0.05, 0.1) is 19.0 Å². The first-order valence-electron chi connectivity index (χ1n) is 7.05. The molecule has 0 aliphatic heterocycles. The van der Waals surface area contributed by atoms with Gasteiger partial charge in [0.25, 0.3) is 5.91 Å². The molecular formula is C15H21NO5S. The maximum absolute atomic E-state index is 12.0. The van der Waals surface area contributed by atoms with Gasteiger partial charge in [-0.05, 0) is 32.0 Å². The van der Waals surface area contributed by atoms with Gasteiger partial charge in [0, 0.05) is 17.9 Å². The zero-order valence-corrected chi connectivity index (χ0v) is 13.6. The van der Waals surface area contributed by atoms with Crippen molar-refractivity contribution in [3.05, 3.63) is 23.8 Å². The normalized spacial score (nSPS) is 10.1. The van der Waals surface area contributed by atoms with Gasteiger partial charge in [-0.15, -0.1) is 11.8 Å². The quantitative estimate of drug-likeness (QED) is 0.640. The number of aliphatic carboxylic acids is 1. The third-order valence-corrected chi connectivity index (χ3v) is 3.51. The second-order valence-electron chi connectivity index (χ2n) is 4.23. The molecule has 1 amide bonds. The minimum Gasteiger partial charge on any atom is -0.490 e. The number of thioether (sulfide) groups is 1. The number of nitrogens with one attached hydrogen (secondary N) is 1. The molecule has 0 spiro atoms. The van der Waals surface area contributed by atoms with Crippen LogP contribution in [0.3, 0.4) is 0 Å². The smallest absolute Gasteiger partial charge is 0.313 e. The fourth-order valence-electron chi connectivity index (χ4n) is 1.69. The average molecular weight is 327 g/mol. The SMILES string of the molecule is CCOc1ccc(C(=O)NCCSCC(=O)O)cc1OCC. The fourth-order valence-corrected chi connectivity index (χ4v) is 2.26. The van der Waals surface area contributed by atoms with Gasteiger partial charge in [0.1, 0.15) is 0 Å². The summed E-state index contributed by atoms with van der Waals surface area (Å²) in [6.45, 7) is 5.16. The monoisotopic (exact) mass is 327 g/mol. The Morgan fingerprint density at radius 1 is 1.18 bits per heavy atom. The molecule has 6 nitrogen and oxygen atoms in total. The van der Waals surface area contributed by atoms with E-state index >= 15 is 0 Å². The van der Waals surface area contributed by atoms with Crippen LogP contribution in [0.15, 0.2) is 18.2 Å². The Kier molecular flexibility index (Phi) is 8.21. The van der Waals surface area contributed by atoms with Crippen molar-refractivity contribution in [2.75, 3.05) is 31.3 Å². The summed E-state index contributed by atoms with van der Waals surface area (Å²) >= 11 is 1.26. The second-order valence-corrected chi connectivity index (χ2v) is 5.33. The van der Waals surface area contributed by atoms with Crippen molar-refractivity contribution in [3.63, 3.8) is 0 Å². The van der Waals surface area contributed by atoms with Gasteiger partial charge in [-0.3, -0.25) is 9.59 Å². The Morgan fingerprint density at radius 3 is 2.50 bits per heavy atom. The van der Waals surface area contributed by atoms with E-state index in [0.717, 1.165) is 0 Å². The van der Waals surface area contributed by atoms with Gasteiger partial charge in [0.2, 0.25) is 0 Å². The van der Waals surface area contributed by atoms with Crippen LogP contribution in [-0.4, -0.2) is 48.2 Å². The Hall–Kier alpha value is -1.89. The first-order valence-corrected chi connectivity index (χ1v) is 8.21. The Labute approximate surface area is 134 Å². The molecule has 0 aromatic heterocycles. The van der Waals surface area contributed by atoms with E-state index in [-0.39, 0.29) is 11.7 Å². The molecule has 0 saturated carbocycles. The number of ether oxygens (including phenoxy) is 2. The van der Waals surface area contributed by atoms with Crippen molar-refractivity contribution in [3.8, 4) is 11.5 Å². The van der Waals surface area contributed by atoms with Crippen LogP contribution in [0.2, 0.25) is 0 Å². The highest BCUT2D eigenvalue weighted by Crippen LogP contribution is 2.28. The highest BCUT2D eigenvalue weighted by molar-refractivity contribution is 7.99. The summed E-state index contributed by atoms with van der Waals surface area (Å²) in [5, 5.41) is 11.3. The molecular weight excluding hydrogens is 306 g/mol. The lowest BCUT2D eigenvalue weighted by molar-refractivity contribution is -0.133. The molecule has 0 aliphatic carbocycles. The lowest BCUT2D eigenvalue weighted by Gasteiger charge is -2.12. The number of rotatable bonds is 10. The molecule has 0 fully saturated rings. The fraction of sp³-hybridized carbons (Fsp3) is 0.467. The standard InChI is InChI=1S/C15H21NO5S/c1-3-20-12-6-5-11(9-13(12)21-4-2)15(19)16-7-8-22-10-14(17)18/h5-6,9H,3-4,7-8,10H2,1-2H3,(H,16,19)(H,17,18). The first kappa shape index (κ1) is 18.2. The first-order chi connectivity index (χ1) is 10.6. The summed E-state index contributed by atoms with van der Waals surface area (Å²) in [5.74, 6) is 0.653. The van der Waals surface area contributed by atoms with Crippen LogP contribution in [0.5, 0.6) is 11.5 Å². The van der Waals surface area contributed by atoms with Gasteiger partial charge >= 0.3 is 5.97 Å². The molecule has 7 heteroatoms. The number of carboxylic acid groups (broad SMARTS) is 1. The van der Waals surface area contributed by atoms with Gasteiger partial charge < -0.3 is 19.9 Å². The summed E-state index contributed by atoms with van der Waals surface area (Å²) in [5.41, 5.74) is 0.482. The lowest BCUT2D eigenvalue weighted by Crippen LogP contribution is -2.26. The van der Waals surface area contributed by atoms with E-state index in [4.69, 9.17) is 14.6 Å². The molecule has 0 heterocycles. The summed E-state index contributed by atoms with van der Waals surface area (Å²) < 4.78 is 10.9. The minimum absolute atomic E-state index is 0.0351. The predicted octanol–water partition coefficient (Wildman–Crippen LogP) is 2.03. The molecule has 1 aromatic carbocycles. The lowest BCUT2D eigenvalue weighted by atomic mass is 10.2. The second kappa shape index (κ2) is 9.94. The molecule has 0 saturated heterocycles. The number of carbonyl (C=O) groups is 2. The van der Waals surface area contributed by atoms with Crippen molar-refractivity contribution < 1.29 is 24.2 Å². The van der Waals surface area contributed by atoms with E-state index in [9.17, 15) is 9.59 Å². The summed E-state index contributed by atoms with van der Waals surface area (Å²) in [6, 6.07) is 5.03. The Bertz CT molecular complexity index is 507. The highest BCUT2D eigenvalue weighted by Gasteiger charge is 2.11. The van der Waals surface area contributed by atoms with Crippen molar-refractivity contribution in [1.82, 2.24) is 5.32 Å². The molecule has 122 valence electrons. The topological polar surface area (TPSA) is 84.9 Å². The van der Waals surface area contributed by atoms with E-state index in [1.807, 2.05) is 13.8 Å². The molecule has 0 radical (unpaired) electrons. The Morgan fingerprint density at radius 2 is 1.86 bits per heavy atom. The number of carboxylic acids is 1. The van der Waals surface area contributed by atoms with Crippen molar-refractivity contribution >= 4 is 23.6 Å². The van der Waals surface area contributed by atoms with Gasteiger partial charge in [-0.25, -0.2) is 0 Å². The van der Waals surface area contributed by atoms with Crippen molar-refractivity contribution in [2.24, 2.45) is 0 Å². The van der Waals surface area contributed by atoms with Gasteiger partial charge in [0.15, 0.2) is 11.5 Å². The number of carbonyl (C=O) groups excluding carboxylic acids is 1. The van der Waals surface area contributed by atoms with Gasteiger partial charge in [-0.1, -0.05) is 0 Å². The number of hydrogen-bond acceptors (Lipinski definition) is 5. The van der Waals surface area contributed by atoms with E-state index in [1.165, 1.54) is 11.8 Å². The van der Waals surface area contributed by atoms with E-state index < -0.39 is 5.97 Å². The Balaban J connectivity index is 2.57. The van der Waals surface area contributed by atoms with Crippen molar-refractivity contribution in [1.29, 1.82) is 0 Å². The van der Waals surface area contributed by atoms with Crippen LogP contribution < -0.4 is 14.8 Å². The molecule has 0 unspecified atom stereocenters. The molecule has 1 aromatic rings. The summed E-state index contributed by atoms with van der Waals surface area (Å²) in [4.78, 5) is 22.4. The zero-order chi connectivity index (χ0) is 16.4. The number of hydrogen-bond donors (Lipinski definition) is 2. The third-order valence-electron chi connectivity index (χ3n) is 2.56. The van der Waals surface area contributed by atoms with Crippen molar-refractivity contribution in [2.45, 2.75) is 13.8 Å². The zero-order valence-electron chi connectivity index (χ0n) is 12.8. The maximum atomic E-state index is 12.0. The van der Waals surface area contributed by atoms with E-state index in [1.54, 1.807) is 18.2 Å². The van der Waals surface area contributed by atoms with Crippen LogP contribution in [0.25, 0.3) is 0 Å². The van der Waals surface area contributed by atoms with Crippen LogP contribution in [0.4, 0.5) is 0 Å². The summed E-state index contributed by atoms with van der Waals surface area (Å²) in [7, 11) is 0. The molecule has 22 heavy (non-hydrogen) atoms. The van der Waals surface area contributed by atoms with E-state index in [0.29, 0.717) is 42.6 Å². The van der Waals surface area contributed by atoms with Crippen LogP contribution in [0.1, 0.15) is 24.2 Å². The summed E-state index contributed by atoms with van der Waals surface area (Å²) in [6.07, 6.45) is 0. The minimum atomic E-state index is -0.857. The van der Waals surface area contributed by atoms with E-state index in [2.05, 4.69) is 5.32 Å².